The summed E-state index contributed by atoms with van der Waals surface area (Å²) in [6.45, 7) is 4.04. The Morgan fingerprint density at radius 1 is 0.773 bits per heavy atom. The van der Waals surface area contributed by atoms with Gasteiger partial charge in [0.25, 0.3) is 0 Å². The summed E-state index contributed by atoms with van der Waals surface area (Å²) in [5, 5.41) is 0. The first-order valence-electron chi connectivity index (χ1n) is 7.52. The average molecular weight is 412 g/mol. The maximum absolute atomic E-state index is 5.72. The van der Waals surface area contributed by atoms with Crippen molar-refractivity contribution in [1.29, 1.82) is 0 Å². The minimum Gasteiger partial charge on any atom is -0.494 e. The largest absolute Gasteiger partial charge is 0.494 e. The Bertz CT molecular complexity index is 555. The van der Waals surface area contributed by atoms with Gasteiger partial charge < -0.3 is 14.2 Å². The zero-order chi connectivity index (χ0) is 15.6. The molecular formula is C18H21IO3. The lowest BCUT2D eigenvalue weighted by atomic mass is 10.3. The van der Waals surface area contributed by atoms with Crippen LogP contribution >= 0.6 is 22.6 Å². The van der Waals surface area contributed by atoms with Crippen molar-refractivity contribution in [3.8, 4) is 17.2 Å². The van der Waals surface area contributed by atoms with Crippen LogP contribution in [0, 0.1) is 3.57 Å². The van der Waals surface area contributed by atoms with E-state index in [1.165, 1.54) is 3.57 Å². The predicted molar refractivity (Wildman–Crippen MR) is 97.0 cm³/mol. The number of ether oxygens (including phenoxy) is 3. The molecule has 0 aromatic heterocycles. The summed E-state index contributed by atoms with van der Waals surface area (Å²) in [7, 11) is 0. The van der Waals surface area contributed by atoms with Crippen molar-refractivity contribution in [2.75, 3.05) is 19.8 Å². The summed E-state index contributed by atoms with van der Waals surface area (Å²) in [5.41, 5.74) is 0. The second-order valence-corrected chi connectivity index (χ2v) is 6.01. The van der Waals surface area contributed by atoms with E-state index >= 15 is 0 Å². The zero-order valence-electron chi connectivity index (χ0n) is 12.8. The van der Waals surface area contributed by atoms with Crippen LogP contribution in [0.15, 0.2) is 48.5 Å². The first-order valence-corrected chi connectivity index (χ1v) is 8.60. The molecule has 2 aromatic carbocycles. The number of hydrogen-bond acceptors (Lipinski definition) is 3. The van der Waals surface area contributed by atoms with Gasteiger partial charge in [-0.15, -0.1) is 0 Å². The third-order valence-corrected chi connectivity index (χ3v) is 3.73. The van der Waals surface area contributed by atoms with Crippen molar-refractivity contribution < 1.29 is 14.2 Å². The van der Waals surface area contributed by atoms with Gasteiger partial charge in [0.05, 0.1) is 19.8 Å². The highest BCUT2D eigenvalue weighted by molar-refractivity contribution is 14.1. The lowest BCUT2D eigenvalue weighted by Gasteiger charge is -2.09. The summed E-state index contributed by atoms with van der Waals surface area (Å²) in [6, 6.07) is 15.8. The summed E-state index contributed by atoms with van der Waals surface area (Å²) in [6.07, 6.45) is 1.93. The quantitative estimate of drug-likeness (QED) is 0.432. The zero-order valence-corrected chi connectivity index (χ0v) is 14.9. The molecule has 0 spiro atoms. The number of rotatable bonds is 9. The van der Waals surface area contributed by atoms with Gasteiger partial charge in [-0.2, -0.15) is 0 Å². The number of benzene rings is 2. The fourth-order valence-electron chi connectivity index (χ4n) is 1.94. The van der Waals surface area contributed by atoms with Crippen LogP contribution in [0.25, 0.3) is 0 Å². The Morgan fingerprint density at radius 3 is 2.00 bits per heavy atom. The smallest absolute Gasteiger partial charge is 0.122 e. The fraction of sp³-hybridized carbons (Fsp3) is 0.333. The Hall–Kier alpha value is -1.43. The number of unbranched alkanes of at least 4 members (excludes halogenated alkanes) is 1. The van der Waals surface area contributed by atoms with Gasteiger partial charge in [-0.05, 0) is 78.8 Å². The van der Waals surface area contributed by atoms with Crippen LogP contribution < -0.4 is 14.2 Å². The van der Waals surface area contributed by atoms with E-state index < -0.39 is 0 Å². The first kappa shape index (κ1) is 16.9. The Morgan fingerprint density at radius 2 is 1.36 bits per heavy atom. The molecule has 4 heteroatoms. The molecule has 118 valence electrons. The van der Waals surface area contributed by atoms with Gasteiger partial charge in [-0.3, -0.25) is 0 Å². The molecule has 3 nitrogen and oxygen atoms in total. The molecule has 0 aliphatic carbocycles. The summed E-state index contributed by atoms with van der Waals surface area (Å²) < 4.78 is 18.1. The molecule has 0 saturated carbocycles. The van der Waals surface area contributed by atoms with Crippen molar-refractivity contribution in [1.82, 2.24) is 0 Å². The fourth-order valence-corrected chi connectivity index (χ4v) is 2.30. The van der Waals surface area contributed by atoms with Crippen molar-refractivity contribution in [2.45, 2.75) is 19.8 Å². The lowest BCUT2D eigenvalue weighted by Crippen LogP contribution is -2.02. The van der Waals surface area contributed by atoms with Gasteiger partial charge in [-0.1, -0.05) is 6.07 Å². The summed E-state index contributed by atoms with van der Waals surface area (Å²) in [4.78, 5) is 0. The molecule has 0 heterocycles. The topological polar surface area (TPSA) is 27.7 Å². The van der Waals surface area contributed by atoms with Crippen LogP contribution in [0.1, 0.15) is 19.8 Å². The van der Waals surface area contributed by atoms with Crippen LogP contribution in [0.2, 0.25) is 0 Å². The molecule has 0 atom stereocenters. The van der Waals surface area contributed by atoms with E-state index in [9.17, 15) is 0 Å². The predicted octanol–water partition coefficient (Wildman–Crippen LogP) is 4.93. The molecule has 0 fully saturated rings. The van der Waals surface area contributed by atoms with Crippen LogP contribution in [0.4, 0.5) is 0 Å². The average Bonchev–Trinajstić information content (AvgIpc) is 2.53. The lowest BCUT2D eigenvalue weighted by molar-refractivity contribution is 0.265. The molecule has 22 heavy (non-hydrogen) atoms. The Balaban J connectivity index is 1.61. The molecular weight excluding hydrogens is 391 g/mol. The van der Waals surface area contributed by atoms with Crippen LogP contribution in [-0.4, -0.2) is 19.8 Å². The maximum Gasteiger partial charge on any atom is 0.122 e. The SMILES string of the molecule is CCOc1cccc(OCCCCOc2ccc(I)cc2)c1. The van der Waals surface area contributed by atoms with Crippen molar-refractivity contribution in [3.63, 3.8) is 0 Å². The maximum atomic E-state index is 5.72. The van der Waals surface area contributed by atoms with Gasteiger partial charge in [-0.25, -0.2) is 0 Å². The van der Waals surface area contributed by atoms with Gasteiger partial charge in [0.15, 0.2) is 0 Å². The second kappa shape index (κ2) is 9.56. The van der Waals surface area contributed by atoms with Crippen molar-refractivity contribution in [3.05, 3.63) is 52.1 Å². The first-order chi connectivity index (χ1) is 10.8. The van der Waals surface area contributed by atoms with Gasteiger partial charge in [0.1, 0.15) is 17.2 Å². The molecule has 0 saturated heterocycles. The molecule has 0 aliphatic rings. The van der Waals surface area contributed by atoms with E-state index in [1.807, 2.05) is 55.5 Å². The summed E-state index contributed by atoms with van der Waals surface area (Å²) >= 11 is 2.28. The third-order valence-electron chi connectivity index (χ3n) is 3.01. The molecule has 0 amide bonds. The molecule has 0 bridgehead atoms. The normalized spacial score (nSPS) is 10.3. The highest BCUT2D eigenvalue weighted by atomic mass is 127. The van der Waals surface area contributed by atoms with Crippen LogP contribution in [0.5, 0.6) is 17.2 Å². The number of halogens is 1. The monoisotopic (exact) mass is 412 g/mol. The Labute approximate surface area is 145 Å². The van der Waals surface area contributed by atoms with E-state index in [-0.39, 0.29) is 0 Å². The molecule has 0 aliphatic heterocycles. The van der Waals surface area contributed by atoms with Gasteiger partial charge >= 0.3 is 0 Å². The van der Waals surface area contributed by atoms with Crippen molar-refractivity contribution in [2.24, 2.45) is 0 Å². The standard InChI is InChI=1S/C18H21IO3/c1-2-20-17-6-5-7-18(14-17)22-13-4-3-12-21-16-10-8-15(19)9-11-16/h5-11,14H,2-4,12-13H2,1H3. The van der Waals surface area contributed by atoms with E-state index in [0.29, 0.717) is 19.8 Å². The van der Waals surface area contributed by atoms with Crippen LogP contribution in [0.3, 0.4) is 0 Å². The van der Waals surface area contributed by atoms with E-state index in [1.54, 1.807) is 0 Å². The molecule has 2 aromatic rings. The van der Waals surface area contributed by atoms with Gasteiger partial charge in [0.2, 0.25) is 0 Å². The summed E-state index contributed by atoms with van der Waals surface area (Å²) in [5.74, 6) is 2.62. The minimum atomic E-state index is 0.666. The molecule has 0 unspecified atom stereocenters. The van der Waals surface area contributed by atoms with Crippen LogP contribution in [-0.2, 0) is 0 Å². The minimum absolute atomic E-state index is 0.666. The number of hydrogen-bond donors (Lipinski definition) is 0. The molecule has 0 N–H and O–H groups in total. The highest BCUT2D eigenvalue weighted by Crippen LogP contribution is 2.19. The molecule has 0 radical (unpaired) electrons. The van der Waals surface area contributed by atoms with Gasteiger partial charge in [0, 0.05) is 9.64 Å². The van der Waals surface area contributed by atoms with Crippen molar-refractivity contribution >= 4 is 22.6 Å². The van der Waals surface area contributed by atoms with E-state index in [2.05, 4.69) is 22.6 Å². The molecule has 2 rings (SSSR count). The highest BCUT2D eigenvalue weighted by Gasteiger charge is 1.98. The second-order valence-electron chi connectivity index (χ2n) is 4.77. The van der Waals surface area contributed by atoms with E-state index in [4.69, 9.17) is 14.2 Å². The third kappa shape index (κ3) is 6.13. The Kier molecular flexibility index (Phi) is 7.36. The van der Waals surface area contributed by atoms with E-state index in [0.717, 1.165) is 30.1 Å².